The van der Waals surface area contributed by atoms with Crippen molar-refractivity contribution in [1.82, 2.24) is 15.6 Å². The fourth-order valence-electron chi connectivity index (χ4n) is 2.95. The summed E-state index contributed by atoms with van der Waals surface area (Å²) in [5.41, 5.74) is 5.18. The van der Waals surface area contributed by atoms with Gasteiger partial charge in [-0.15, -0.1) is 24.0 Å². The number of nitrogens with two attached hydrogens (primary N) is 1. The highest BCUT2D eigenvalue weighted by Crippen LogP contribution is 2.20. The van der Waals surface area contributed by atoms with Gasteiger partial charge < -0.3 is 25.7 Å². The molecular weight excluding hydrogens is 478 g/mol. The summed E-state index contributed by atoms with van der Waals surface area (Å²) in [6, 6.07) is 6.32. The van der Waals surface area contributed by atoms with Crippen LogP contribution in [0.2, 0.25) is 0 Å². The van der Waals surface area contributed by atoms with Crippen LogP contribution in [0.15, 0.2) is 39.9 Å². The van der Waals surface area contributed by atoms with Crippen molar-refractivity contribution in [2.45, 2.75) is 25.9 Å². The lowest BCUT2D eigenvalue weighted by atomic mass is 10.3. The molecule has 0 saturated carbocycles. The number of halogens is 2. The summed E-state index contributed by atoms with van der Waals surface area (Å²) in [6.45, 7) is 4.28. The zero-order valence-electron chi connectivity index (χ0n) is 15.5. The smallest absolute Gasteiger partial charge is 0.284 e. The second-order valence-electron chi connectivity index (χ2n) is 6.21. The van der Waals surface area contributed by atoms with E-state index >= 15 is 0 Å². The first kappa shape index (κ1) is 21.9. The van der Waals surface area contributed by atoms with E-state index in [1.54, 1.807) is 18.3 Å². The third kappa shape index (κ3) is 5.57. The first-order chi connectivity index (χ1) is 13.1. The van der Waals surface area contributed by atoms with Gasteiger partial charge in [-0.1, -0.05) is 0 Å². The number of hydrogen-bond acceptors (Lipinski definition) is 5. The molecule has 1 amide bonds. The van der Waals surface area contributed by atoms with Gasteiger partial charge in [0.1, 0.15) is 12.3 Å². The molecule has 28 heavy (non-hydrogen) atoms. The molecule has 0 radical (unpaired) electrons. The van der Waals surface area contributed by atoms with Gasteiger partial charge in [0.2, 0.25) is 0 Å². The average molecular weight is 502 g/mol. The molecule has 0 aliphatic carbocycles. The standard InChI is InChI=1S/C18H23FN6O2.HI/c1-2-21-18(23-10-13-5-6-15(27-13)16(20)26)24-12-7-9-25(11-12)17-14(19)4-3-8-22-17;/h3-6,8,12H,2,7,9-11H2,1H3,(H2,20,26)(H2,21,23,24);1H. The summed E-state index contributed by atoms with van der Waals surface area (Å²) in [6.07, 6.45) is 2.43. The van der Waals surface area contributed by atoms with Crippen molar-refractivity contribution in [3.8, 4) is 0 Å². The van der Waals surface area contributed by atoms with E-state index in [1.165, 1.54) is 12.1 Å². The number of hydrogen-bond donors (Lipinski definition) is 3. The Morgan fingerprint density at radius 3 is 2.96 bits per heavy atom. The minimum absolute atomic E-state index is 0. The maximum Gasteiger partial charge on any atom is 0.284 e. The van der Waals surface area contributed by atoms with E-state index in [9.17, 15) is 9.18 Å². The number of rotatable bonds is 6. The number of furan rings is 1. The van der Waals surface area contributed by atoms with Crippen molar-refractivity contribution in [1.29, 1.82) is 0 Å². The number of nitrogens with zero attached hydrogens (tertiary/aromatic N) is 3. The second kappa shape index (κ2) is 10.2. The van der Waals surface area contributed by atoms with Crippen LogP contribution in [0.25, 0.3) is 0 Å². The molecule has 0 spiro atoms. The molecular formula is C18H24FIN6O2. The van der Waals surface area contributed by atoms with Gasteiger partial charge in [0, 0.05) is 31.9 Å². The van der Waals surface area contributed by atoms with Crippen molar-refractivity contribution in [3.63, 3.8) is 0 Å². The van der Waals surface area contributed by atoms with Crippen LogP contribution in [-0.4, -0.2) is 42.5 Å². The average Bonchev–Trinajstić information content (AvgIpc) is 3.30. The van der Waals surface area contributed by atoms with E-state index in [4.69, 9.17) is 10.2 Å². The lowest BCUT2D eigenvalue weighted by Crippen LogP contribution is -2.44. The van der Waals surface area contributed by atoms with Gasteiger partial charge in [-0.3, -0.25) is 4.79 Å². The van der Waals surface area contributed by atoms with Crippen molar-refractivity contribution in [2.75, 3.05) is 24.5 Å². The Balaban J connectivity index is 0.00000280. The summed E-state index contributed by atoms with van der Waals surface area (Å²) >= 11 is 0. The summed E-state index contributed by atoms with van der Waals surface area (Å²) in [4.78, 5) is 21.6. The predicted octanol–water partition coefficient (Wildman–Crippen LogP) is 1.86. The molecule has 0 aromatic carbocycles. The number of nitrogens with one attached hydrogen (secondary N) is 2. The molecule has 152 valence electrons. The summed E-state index contributed by atoms with van der Waals surface area (Å²) in [7, 11) is 0. The summed E-state index contributed by atoms with van der Waals surface area (Å²) in [5.74, 6) is 0.734. The highest BCUT2D eigenvalue weighted by Gasteiger charge is 2.25. The Morgan fingerprint density at radius 2 is 2.29 bits per heavy atom. The van der Waals surface area contributed by atoms with Crippen LogP contribution in [0.1, 0.15) is 29.7 Å². The topological polar surface area (TPSA) is 109 Å². The normalized spacial score (nSPS) is 16.6. The molecule has 1 aliphatic rings. The molecule has 1 saturated heterocycles. The molecule has 4 N–H and O–H groups in total. The lowest BCUT2D eigenvalue weighted by Gasteiger charge is -2.19. The summed E-state index contributed by atoms with van der Waals surface area (Å²) in [5, 5.41) is 6.52. The van der Waals surface area contributed by atoms with Crippen molar-refractivity contribution >= 4 is 41.7 Å². The largest absolute Gasteiger partial charge is 0.454 e. The molecule has 2 aromatic heterocycles. The third-order valence-corrected chi connectivity index (χ3v) is 4.21. The Kier molecular flexibility index (Phi) is 8.03. The fourth-order valence-corrected chi connectivity index (χ4v) is 2.95. The summed E-state index contributed by atoms with van der Waals surface area (Å²) < 4.78 is 19.3. The number of aromatic nitrogens is 1. The van der Waals surface area contributed by atoms with Gasteiger partial charge in [-0.25, -0.2) is 14.4 Å². The monoisotopic (exact) mass is 502 g/mol. The van der Waals surface area contributed by atoms with Crippen LogP contribution in [0.3, 0.4) is 0 Å². The van der Waals surface area contributed by atoms with Crippen molar-refractivity contribution < 1.29 is 13.6 Å². The van der Waals surface area contributed by atoms with E-state index in [2.05, 4.69) is 20.6 Å². The first-order valence-corrected chi connectivity index (χ1v) is 8.85. The molecule has 1 unspecified atom stereocenters. The van der Waals surface area contributed by atoms with Crippen LogP contribution < -0.4 is 21.3 Å². The molecule has 3 rings (SSSR count). The molecule has 2 aromatic rings. The van der Waals surface area contributed by atoms with Gasteiger partial charge in [0.15, 0.2) is 23.4 Å². The first-order valence-electron chi connectivity index (χ1n) is 8.85. The molecule has 10 heteroatoms. The fraction of sp³-hybridized carbons (Fsp3) is 0.389. The maximum absolute atomic E-state index is 13.9. The molecule has 1 aliphatic heterocycles. The van der Waals surface area contributed by atoms with Gasteiger partial charge in [-0.05, 0) is 37.6 Å². The van der Waals surface area contributed by atoms with Crippen LogP contribution >= 0.6 is 24.0 Å². The molecule has 1 fully saturated rings. The van der Waals surface area contributed by atoms with E-state index in [0.717, 1.165) is 6.42 Å². The molecule has 8 nitrogen and oxygen atoms in total. The number of carbonyl (C=O) groups excluding carboxylic acids is 1. The highest BCUT2D eigenvalue weighted by atomic mass is 127. The SMILES string of the molecule is CCNC(=NCc1ccc(C(N)=O)o1)NC1CCN(c2ncccc2F)C1.I. The Labute approximate surface area is 179 Å². The number of primary amides is 1. The highest BCUT2D eigenvalue weighted by molar-refractivity contribution is 14.0. The molecule has 3 heterocycles. The van der Waals surface area contributed by atoms with Crippen molar-refractivity contribution in [2.24, 2.45) is 10.7 Å². The van der Waals surface area contributed by atoms with Crippen LogP contribution in [-0.2, 0) is 6.54 Å². The zero-order chi connectivity index (χ0) is 19.2. The Bertz CT molecular complexity index is 828. The van der Waals surface area contributed by atoms with Crippen LogP contribution in [0.4, 0.5) is 10.2 Å². The maximum atomic E-state index is 13.9. The zero-order valence-corrected chi connectivity index (χ0v) is 17.9. The number of aliphatic imine (C=N–C) groups is 1. The Hall–Kier alpha value is -2.37. The lowest BCUT2D eigenvalue weighted by molar-refractivity contribution is 0.0972. The third-order valence-electron chi connectivity index (χ3n) is 4.21. The van der Waals surface area contributed by atoms with Gasteiger partial charge in [0.25, 0.3) is 5.91 Å². The number of guanidine groups is 1. The van der Waals surface area contributed by atoms with Gasteiger partial charge in [-0.2, -0.15) is 0 Å². The second-order valence-corrected chi connectivity index (χ2v) is 6.21. The quantitative estimate of drug-likeness (QED) is 0.316. The van der Waals surface area contributed by atoms with E-state index < -0.39 is 5.91 Å². The van der Waals surface area contributed by atoms with E-state index in [-0.39, 0.29) is 48.1 Å². The number of amides is 1. The van der Waals surface area contributed by atoms with E-state index in [0.29, 0.717) is 37.2 Å². The molecule has 1 atom stereocenters. The van der Waals surface area contributed by atoms with Crippen LogP contribution in [0.5, 0.6) is 0 Å². The molecule has 0 bridgehead atoms. The minimum Gasteiger partial charge on any atom is -0.454 e. The van der Waals surface area contributed by atoms with Gasteiger partial charge >= 0.3 is 0 Å². The minimum atomic E-state index is -0.608. The van der Waals surface area contributed by atoms with Crippen molar-refractivity contribution in [3.05, 3.63) is 47.8 Å². The van der Waals surface area contributed by atoms with E-state index in [1.807, 2.05) is 11.8 Å². The number of anilines is 1. The number of pyridine rings is 1. The predicted molar refractivity (Wildman–Crippen MR) is 115 cm³/mol. The van der Waals surface area contributed by atoms with Gasteiger partial charge in [0.05, 0.1) is 0 Å². The Morgan fingerprint density at radius 1 is 1.46 bits per heavy atom. The number of carbonyl (C=O) groups is 1. The van der Waals surface area contributed by atoms with Crippen LogP contribution in [0, 0.1) is 5.82 Å².